The summed E-state index contributed by atoms with van der Waals surface area (Å²) < 4.78 is 10.1. The van der Waals surface area contributed by atoms with Gasteiger partial charge in [0, 0.05) is 13.2 Å². The van der Waals surface area contributed by atoms with Crippen LogP contribution in [-0.4, -0.2) is 41.8 Å². The minimum absolute atomic E-state index is 0.156. The molecule has 1 aromatic heterocycles. The molecule has 0 spiro atoms. The van der Waals surface area contributed by atoms with Crippen LogP contribution < -0.4 is 0 Å². The van der Waals surface area contributed by atoms with Crippen molar-refractivity contribution in [2.45, 2.75) is 0 Å². The highest BCUT2D eigenvalue weighted by Crippen LogP contribution is 2.19. The normalized spacial score (nSPS) is 9.82. The van der Waals surface area contributed by atoms with Gasteiger partial charge in [0.2, 0.25) is 0 Å². The van der Waals surface area contributed by atoms with E-state index in [0.717, 1.165) is 20.4 Å². The van der Waals surface area contributed by atoms with Crippen LogP contribution in [0.5, 0.6) is 0 Å². The maximum atomic E-state index is 11.5. The zero-order valence-electron chi connectivity index (χ0n) is 9.51. The quantitative estimate of drug-likeness (QED) is 0.764. The van der Waals surface area contributed by atoms with Gasteiger partial charge in [-0.15, -0.1) is 0 Å². The molecule has 0 bridgehead atoms. The third-order valence-corrected chi connectivity index (χ3v) is 2.18. The number of ether oxygens (including phenoxy) is 2. The molecule has 0 saturated heterocycles. The van der Waals surface area contributed by atoms with Crippen LogP contribution in [0.25, 0.3) is 0 Å². The lowest BCUT2D eigenvalue weighted by atomic mass is 10.1. The van der Waals surface area contributed by atoms with E-state index in [-0.39, 0.29) is 16.8 Å². The van der Waals surface area contributed by atoms with Crippen LogP contribution in [-0.2, 0) is 16.5 Å². The SMILES string of the molecule is COC(=O)c1c(C(=O)O)cn(C)c1C(=O)OC. The molecular formula is C10H11NO6. The summed E-state index contributed by atoms with van der Waals surface area (Å²) in [5.74, 6) is -3.03. The molecular weight excluding hydrogens is 230 g/mol. The highest BCUT2D eigenvalue weighted by molar-refractivity contribution is 6.09. The molecule has 7 nitrogen and oxygen atoms in total. The second-order valence-corrected chi connectivity index (χ2v) is 3.17. The average Bonchev–Trinajstić information content (AvgIpc) is 2.65. The second-order valence-electron chi connectivity index (χ2n) is 3.17. The number of rotatable bonds is 3. The molecule has 0 radical (unpaired) electrons. The molecule has 0 aliphatic rings. The van der Waals surface area contributed by atoms with Gasteiger partial charge in [0.15, 0.2) is 0 Å². The maximum absolute atomic E-state index is 11.5. The van der Waals surface area contributed by atoms with Gasteiger partial charge in [0.05, 0.1) is 19.8 Å². The number of hydrogen-bond donors (Lipinski definition) is 1. The zero-order valence-corrected chi connectivity index (χ0v) is 9.51. The number of methoxy groups -OCH3 is 2. The molecule has 1 aromatic rings. The van der Waals surface area contributed by atoms with Crippen molar-refractivity contribution in [1.82, 2.24) is 4.57 Å². The average molecular weight is 241 g/mol. The summed E-state index contributed by atoms with van der Waals surface area (Å²) in [6.07, 6.45) is 1.15. The minimum Gasteiger partial charge on any atom is -0.478 e. The topological polar surface area (TPSA) is 94.8 Å². The lowest BCUT2D eigenvalue weighted by Crippen LogP contribution is -2.15. The molecule has 0 aliphatic heterocycles. The first-order chi connectivity index (χ1) is 7.93. The number of aromatic nitrogens is 1. The standard InChI is InChI=1S/C10H11NO6/c1-11-4-5(8(12)13)6(9(14)16-2)7(11)10(15)17-3/h4H,1-3H3,(H,12,13). The van der Waals surface area contributed by atoms with Crippen LogP contribution in [0.2, 0.25) is 0 Å². The van der Waals surface area contributed by atoms with Crippen molar-refractivity contribution >= 4 is 17.9 Å². The lowest BCUT2D eigenvalue weighted by molar-refractivity contribution is 0.0543. The summed E-state index contributed by atoms with van der Waals surface area (Å²) in [6.45, 7) is 0. The maximum Gasteiger partial charge on any atom is 0.355 e. The Balaban J connectivity index is 3.53. The molecule has 17 heavy (non-hydrogen) atoms. The Morgan fingerprint density at radius 2 is 1.71 bits per heavy atom. The highest BCUT2D eigenvalue weighted by atomic mass is 16.5. The summed E-state index contributed by atoms with van der Waals surface area (Å²) in [6, 6.07) is 0. The number of nitrogens with zero attached hydrogens (tertiary/aromatic N) is 1. The molecule has 0 unspecified atom stereocenters. The van der Waals surface area contributed by atoms with Crippen molar-refractivity contribution in [1.29, 1.82) is 0 Å². The smallest absolute Gasteiger partial charge is 0.355 e. The van der Waals surface area contributed by atoms with Crippen molar-refractivity contribution in [3.8, 4) is 0 Å². The third kappa shape index (κ3) is 2.12. The van der Waals surface area contributed by atoms with Crippen LogP contribution in [0.4, 0.5) is 0 Å². The van der Waals surface area contributed by atoms with E-state index in [2.05, 4.69) is 9.47 Å². The summed E-state index contributed by atoms with van der Waals surface area (Å²) >= 11 is 0. The van der Waals surface area contributed by atoms with Crippen molar-refractivity contribution in [2.75, 3.05) is 14.2 Å². The molecule has 0 amide bonds. The fourth-order valence-electron chi connectivity index (χ4n) is 1.44. The van der Waals surface area contributed by atoms with E-state index in [1.54, 1.807) is 0 Å². The Morgan fingerprint density at radius 1 is 1.18 bits per heavy atom. The first-order valence-electron chi connectivity index (χ1n) is 4.53. The van der Waals surface area contributed by atoms with Crippen LogP contribution in [0, 0.1) is 0 Å². The molecule has 1 N–H and O–H groups in total. The van der Waals surface area contributed by atoms with Gasteiger partial charge in [-0.25, -0.2) is 14.4 Å². The number of carboxylic acids is 1. The van der Waals surface area contributed by atoms with Crippen LogP contribution in [0.1, 0.15) is 31.2 Å². The number of aryl methyl sites for hydroxylation is 1. The van der Waals surface area contributed by atoms with Crippen molar-refractivity contribution in [3.05, 3.63) is 23.0 Å². The first-order valence-corrected chi connectivity index (χ1v) is 4.53. The molecule has 0 atom stereocenters. The van der Waals surface area contributed by atoms with Gasteiger partial charge in [0.25, 0.3) is 0 Å². The number of carbonyl (C=O) groups is 3. The first kappa shape index (κ1) is 12.8. The molecule has 7 heteroatoms. The van der Waals surface area contributed by atoms with Gasteiger partial charge in [-0.2, -0.15) is 0 Å². The van der Waals surface area contributed by atoms with Crippen LogP contribution >= 0.6 is 0 Å². The van der Waals surface area contributed by atoms with E-state index >= 15 is 0 Å². The zero-order chi connectivity index (χ0) is 13.2. The molecule has 0 fully saturated rings. The highest BCUT2D eigenvalue weighted by Gasteiger charge is 2.29. The Labute approximate surface area is 96.5 Å². The van der Waals surface area contributed by atoms with E-state index in [9.17, 15) is 14.4 Å². The molecule has 92 valence electrons. The van der Waals surface area contributed by atoms with Crippen molar-refractivity contribution < 1.29 is 29.0 Å². The fraction of sp³-hybridized carbons (Fsp3) is 0.300. The minimum atomic E-state index is -1.32. The van der Waals surface area contributed by atoms with Gasteiger partial charge >= 0.3 is 17.9 Å². The largest absolute Gasteiger partial charge is 0.478 e. The molecule has 1 rings (SSSR count). The fourth-order valence-corrected chi connectivity index (χ4v) is 1.44. The van der Waals surface area contributed by atoms with Gasteiger partial charge in [0.1, 0.15) is 11.3 Å². The van der Waals surface area contributed by atoms with E-state index in [0.29, 0.717) is 0 Å². The Hall–Kier alpha value is -2.31. The number of hydrogen-bond acceptors (Lipinski definition) is 5. The Morgan fingerprint density at radius 3 is 2.12 bits per heavy atom. The van der Waals surface area contributed by atoms with Crippen LogP contribution in [0.15, 0.2) is 6.20 Å². The molecule has 0 aliphatic carbocycles. The third-order valence-electron chi connectivity index (χ3n) is 2.18. The number of esters is 2. The summed E-state index contributed by atoms with van der Waals surface area (Å²) in [5, 5.41) is 8.93. The second kappa shape index (κ2) is 4.69. The van der Waals surface area contributed by atoms with Crippen molar-refractivity contribution in [2.24, 2.45) is 7.05 Å². The van der Waals surface area contributed by atoms with Crippen LogP contribution in [0.3, 0.4) is 0 Å². The van der Waals surface area contributed by atoms with Crippen molar-refractivity contribution in [3.63, 3.8) is 0 Å². The van der Waals surface area contributed by atoms with Gasteiger partial charge in [-0.3, -0.25) is 0 Å². The van der Waals surface area contributed by atoms with E-state index in [4.69, 9.17) is 5.11 Å². The van der Waals surface area contributed by atoms with E-state index in [1.165, 1.54) is 11.6 Å². The number of carboxylic acid groups (broad SMARTS) is 1. The predicted octanol–water partition coefficient (Wildman–Crippen LogP) is 0.296. The Kier molecular flexibility index (Phi) is 3.52. The van der Waals surface area contributed by atoms with E-state index < -0.39 is 17.9 Å². The predicted molar refractivity (Wildman–Crippen MR) is 55.1 cm³/mol. The van der Waals surface area contributed by atoms with E-state index in [1.807, 2.05) is 0 Å². The molecule has 0 aromatic carbocycles. The summed E-state index contributed by atoms with van der Waals surface area (Å²) in [4.78, 5) is 33.9. The van der Waals surface area contributed by atoms with Gasteiger partial charge in [-0.05, 0) is 0 Å². The van der Waals surface area contributed by atoms with Gasteiger partial charge in [-0.1, -0.05) is 0 Å². The number of carbonyl (C=O) groups excluding carboxylic acids is 2. The van der Waals surface area contributed by atoms with Gasteiger partial charge < -0.3 is 19.1 Å². The number of aromatic carboxylic acids is 1. The Bertz CT molecular complexity index is 487. The molecule has 0 saturated carbocycles. The molecule has 1 heterocycles. The monoisotopic (exact) mass is 241 g/mol. The lowest BCUT2D eigenvalue weighted by Gasteiger charge is -2.04. The summed E-state index contributed by atoms with van der Waals surface area (Å²) in [5.41, 5.74) is -0.772. The summed E-state index contributed by atoms with van der Waals surface area (Å²) in [7, 11) is 3.67.